The third-order valence-corrected chi connectivity index (χ3v) is 4.06. The first-order valence-electron chi connectivity index (χ1n) is 6.40. The lowest BCUT2D eigenvalue weighted by molar-refractivity contribution is 0.0920. The molecule has 3 N–H and O–H groups in total. The number of amides is 1. The van der Waals surface area contributed by atoms with Crippen molar-refractivity contribution in [3.05, 3.63) is 33.8 Å². The summed E-state index contributed by atoms with van der Waals surface area (Å²) in [5, 5.41) is 3.07. The number of hydrogen-bond donors (Lipinski definition) is 2. The molecule has 0 aromatic heterocycles. The van der Waals surface area contributed by atoms with Crippen LogP contribution in [0.25, 0.3) is 0 Å². The van der Waals surface area contributed by atoms with Gasteiger partial charge in [-0.15, -0.1) is 0 Å². The summed E-state index contributed by atoms with van der Waals surface area (Å²) in [7, 11) is 0. The van der Waals surface area contributed by atoms with Crippen molar-refractivity contribution in [2.45, 2.75) is 44.7 Å². The van der Waals surface area contributed by atoms with Gasteiger partial charge >= 0.3 is 0 Å². The smallest absolute Gasteiger partial charge is 0.251 e. The van der Waals surface area contributed by atoms with E-state index in [0.29, 0.717) is 0 Å². The molecule has 2 atom stereocenters. The van der Waals surface area contributed by atoms with Gasteiger partial charge in [0.25, 0.3) is 5.91 Å². The van der Waals surface area contributed by atoms with Gasteiger partial charge in [-0.3, -0.25) is 4.79 Å². The average molecular weight is 311 g/mol. The first-order valence-corrected chi connectivity index (χ1v) is 7.20. The number of rotatable bonds is 2. The van der Waals surface area contributed by atoms with E-state index < -0.39 is 0 Å². The van der Waals surface area contributed by atoms with Crippen LogP contribution < -0.4 is 11.1 Å². The summed E-state index contributed by atoms with van der Waals surface area (Å²) in [5.41, 5.74) is 7.76. The van der Waals surface area contributed by atoms with Crippen molar-refractivity contribution in [3.63, 3.8) is 0 Å². The van der Waals surface area contributed by atoms with Crippen LogP contribution in [0.4, 0.5) is 0 Å². The van der Waals surface area contributed by atoms with E-state index in [-0.39, 0.29) is 18.0 Å². The van der Waals surface area contributed by atoms with Gasteiger partial charge in [0.15, 0.2) is 0 Å². The van der Waals surface area contributed by atoms with Gasteiger partial charge in [-0.1, -0.05) is 28.8 Å². The van der Waals surface area contributed by atoms with Gasteiger partial charge in [0, 0.05) is 22.1 Å². The Morgan fingerprint density at radius 3 is 2.78 bits per heavy atom. The second-order valence-electron chi connectivity index (χ2n) is 4.99. The molecule has 1 aromatic rings. The summed E-state index contributed by atoms with van der Waals surface area (Å²) in [6.07, 6.45) is 4.32. The second kappa shape index (κ2) is 5.85. The van der Waals surface area contributed by atoms with E-state index in [1.165, 1.54) is 6.42 Å². The molecule has 1 aromatic carbocycles. The molecule has 4 heteroatoms. The van der Waals surface area contributed by atoms with E-state index in [4.69, 9.17) is 5.73 Å². The summed E-state index contributed by atoms with van der Waals surface area (Å²) in [6, 6.07) is 5.91. The van der Waals surface area contributed by atoms with Crippen molar-refractivity contribution in [3.8, 4) is 0 Å². The molecule has 0 bridgehead atoms. The van der Waals surface area contributed by atoms with Gasteiger partial charge in [0.05, 0.1) is 0 Å². The normalized spacial score (nSPS) is 23.7. The van der Waals surface area contributed by atoms with Gasteiger partial charge in [0.1, 0.15) is 0 Å². The molecule has 2 rings (SSSR count). The fourth-order valence-electron chi connectivity index (χ4n) is 2.47. The number of aryl methyl sites for hydroxylation is 1. The molecule has 1 aliphatic carbocycles. The first kappa shape index (κ1) is 13.6. The topological polar surface area (TPSA) is 55.1 Å². The third kappa shape index (κ3) is 3.12. The second-order valence-corrected chi connectivity index (χ2v) is 5.90. The highest BCUT2D eigenvalue weighted by Gasteiger charge is 2.24. The highest BCUT2D eigenvalue weighted by molar-refractivity contribution is 9.10. The quantitative estimate of drug-likeness (QED) is 0.882. The van der Waals surface area contributed by atoms with Crippen LogP contribution in [-0.4, -0.2) is 18.0 Å². The summed E-state index contributed by atoms with van der Waals surface area (Å²) in [6.45, 7) is 1.94. The summed E-state index contributed by atoms with van der Waals surface area (Å²) in [5.74, 6) is -0.0117. The van der Waals surface area contributed by atoms with Crippen LogP contribution in [0.1, 0.15) is 41.6 Å². The molecule has 18 heavy (non-hydrogen) atoms. The van der Waals surface area contributed by atoms with E-state index in [2.05, 4.69) is 21.2 Å². The Balaban J connectivity index is 2.07. The molecule has 1 saturated carbocycles. The molecule has 1 fully saturated rings. The fraction of sp³-hybridized carbons (Fsp3) is 0.500. The monoisotopic (exact) mass is 310 g/mol. The molecule has 0 spiro atoms. The third-order valence-electron chi connectivity index (χ3n) is 3.57. The van der Waals surface area contributed by atoms with Crippen molar-refractivity contribution in [1.29, 1.82) is 0 Å². The van der Waals surface area contributed by atoms with Crippen LogP contribution >= 0.6 is 15.9 Å². The number of carbonyl (C=O) groups is 1. The molecule has 0 saturated heterocycles. The summed E-state index contributed by atoms with van der Waals surface area (Å²) >= 11 is 3.40. The van der Waals surface area contributed by atoms with Gasteiger partial charge < -0.3 is 11.1 Å². The molecule has 0 heterocycles. The minimum Gasteiger partial charge on any atom is -0.348 e. The predicted molar refractivity (Wildman–Crippen MR) is 76.6 cm³/mol. The number of halogens is 1. The SMILES string of the molecule is Cc1cc(Br)ccc1C(=O)NC1CCCCC1N. The largest absolute Gasteiger partial charge is 0.348 e. The lowest BCUT2D eigenvalue weighted by Gasteiger charge is -2.29. The van der Waals surface area contributed by atoms with Gasteiger partial charge in [0.2, 0.25) is 0 Å². The van der Waals surface area contributed by atoms with Crippen molar-refractivity contribution in [2.75, 3.05) is 0 Å². The van der Waals surface area contributed by atoms with Crippen molar-refractivity contribution >= 4 is 21.8 Å². The van der Waals surface area contributed by atoms with E-state index >= 15 is 0 Å². The maximum atomic E-state index is 12.2. The average Bonchev–Trinajstić information content (AvgIpc) is 2.32. The maximum absolute atomic E-state index is 12.2. The zero-order valence-electron chi connectivity index (χ0n) is 10.6. The van der Waals surface area contributed by atoms with Crippen molar-refractivity contribution in [1.82, 2.24) is 5.32 Å². The van der Waals surface area contributed by atoms with E-state index in [0.717, 1.165) is 34.9 Å². The molecular formula is C14H19BrN2O. The summed E-state index contributed by atoms with van der Waals surface area (Å²) in [4.78, 5) is 12.2. The molecule has 1 aliphatic rings. The predicted octanol–water partition coefficient (Wildman–Crippen LogP) is 2.76. The van der Waals surface area contributed by atoms with Crippen LogP contribution in [0.5, 0.6) is 0 Å². The minimum absolute atomic E-state index is 0.0117. The van der Waals surface area contributed by atoms with Gasteiger partial charge in [-0.25, -0.2) is 0 Å². The minimum atomic E-state index is -0.0117. The highest BCUT2D eigenvalue weighted by atomic mass is 79.9. The van der Waals surface area contributed by atoms with E-state index in [9.17, 15) is 4.79 Å². The zero-order valence-corrected chi connectivity index (χ0v) is 12.2. The molecule has 0 aliphatic heterocycles. The lowest BCUT2D eigenvalue weighted by atomic mass is 9.90. The number of hydrogen-bond acceptors (Lipinski definition) is 2. The highest BCUT2D eigenvalue weighted by Crippen LogP contribution is 2.19. The van der Waals surface area contributed by atoms with Crippen molar-refractivity contribution < 1.29 is 4.79 Å². The van der Waals surface area contributed by atoms with E-state index in [1.807, 2.05) is 25.1 Å². The number of benzene rings is 1. The van der Waals surface area contributed by atoms with E-state index in [1.54, 1.807) is 0 Å². The Morgan fingerprint density at radius 2 is 2.11 bits per heavy atom. The van der Waals surface area contributed by atoms with Gasteiger partial charge in [-0.2, -0.15) is 0 Å². The van der Waals surface area contributed by atoms with Gasteiger partial charge in [-0.05, 0) is 43.5 Å². The molecule has 0 radical (unpaired) electrons. The Labute approximate surface area is 116 Å². The van der Waals surface area contributed by atoms with Crippen LogP contribution in [0.2, 0.25) is 0 Å². The number of nitrogens with two attached hydrogens (primary N) is 1. The van der Waals surface area contributed by atoms with Crippen LogP contribution in [0.3, 0.4) is 0 Å². The Hall–Kier alpha value is -0.870. The van der Waals surface area contributed by atoms with Crippen molar-refractivity contribution in [2.24, 2.45) is 5.73 Å². The maximum Gasteiger partial charge on any atom is 0.251 e. The number of carbonyl (C=O) groups excluding carboxylic acids is 1. The fourth-order valence-corrected chi connectivity index (χ4v) is 2.94. The standard InChI is InChI=1S/C14H19BrN2O/c1-9-8-10(15)6-7-11(9)14(18)17-13-5-3-2-4-12(13)16/h6-8,12-13H,2-5,16H2,1H3,(H,17,18). The zero-order chi connectivity index (χ0) is 13.1. The number of nitrogens with one attached hydrogen (secondary N) is 1. The van der Waals surface area contributed by atoms with Crippen LogP contribution in [0.15, 0.2) is 22.7 Å². The Morgan fingerprint density at radius 1 is 1.39 bits per heavy atom. The lowest BCUT2D eigenvalue weighted by Crippen LogP contribution is -2.49. The molecular weight excluding hydrogens is 292 g/mol. The Kier molecular flexibility index (Phi) is 4.40. The van der Waals surface area contributed by atoms with Crippen LogP contribution in [-0.2, 0) is 0 Å². The molecule has 98 valence electrons. The van der Waals surface area contributed by atoms with Crippen LogP contribution in [0, 0.1) is 6.92 Å². The summed E-state index contributed by atoms with van der Waals surface area (Å²) < 4.78 is 0.992. The first-order chi connectivity index (χ1) is 8.58. The molecule has 1 amide bonds. The molecule has 3 nitrogen and oxygen atoms in total. The Bertz CT molecular complexity index is 447. The molecule has 2 unspecified atom stereocenters.